The Labute approximate surface area is 128 Å². The first kappa shape index (κ1) is 13.9. The lowest BCUT2D eigenvalue weighted by Gasteiger charge is -2.10. The van der Waals surface area contributed by atoms with E-state index in [1.54, 1.807) is 24.8 Å². The van der Waals surface area contributed by atoms with E-state index in [1.165, 1.54) is 0 Å². The fourth-order valence-corrected chi connectivity index (χ4v) is 2.01. The van der Waals surface area contributed by atoms with Crippen molar-refractivity contribution in [3.05, 3.63) is 54.7 Å². The van der Waals surface area contributed by atoms with E-state index < -0.39 is 0 Å². The lowest BCUT2D eigenvalue weighted by molar-refractivity contribution is 1.14. The van der Waals surface area contributed by atoms with Crippen LogP contribution in [0.25, 0.3) is 11.3 Å². The zero-order valence-corrected chi connectivity index (χ0v) is 12.4. The number of aromatic nitrogens is 4. The van der Waals surface area contributed by atoms with Gasteiger partial charge in [0.25, 0.3) is 0 Å². The SMILES string of the molecule is CNc1cnc(C)c(Nc2nccc(-c3cccnc3)n2)c1. The Morgan fingerprint density at radius 1 is 1.05 bits per heavy atom. The summed E-state index contributed by atoms with van der Waals surface area (Å²) in [7, 11) is 1.86. The lowest BCUT2D eigenvalue weighted by Crippen LogP contribution is -2.01. The molecule has 0 unspecified atom stereocenters. The summed E-state index contributed by atoms with van der Waals surface area (Å²) >= 11 is 0. The third-order valence-electron chi connectivity index (χ3n) is 3.23. The first-order valence-corrected chi connectivity index (χ1v) is 6.91. The van der Waals surface area contributed by atoms with Gasteiger partial charge in [0.05, 0.1) is 29.0 Å². The maximum Gasteiger partial charge on any atom is 0.227 e. The molecule has 110 valence electrons. The van der Waals surface area contributed by atoms with E-state index in [0.717, 1.165) is 28.3 Å². The minimum absolute atomic E-state index is 0.527. The topological polar surface area (TPSA) is 75.6 Å². The van der Waals surface area contributed by atoms with Gasteiger partial charge >= 0.3 is 0 Å². The second kappa shape index (κ2) is 6.17. The van der Waals surface area contributed by atoms with Crippen LogP contribution < -0.4 is 10.6 Å². The molecule has 0 spiro atoms. The van der Waals surface area contributed by atoms with Gasteiger partial charge in [-0.2, -0.15) is 0 Å². The first-order chi connectivity index (χ1) is 10.8. The second-order valence-electron chi connectivity index (χ2n) is 4.74. The molecule has 0 saturated heterocycles. The van der Waals surface area contributed by atoms with Crippen LogP contribution in [0.5, 0.6) is 0 Å². The monoisotopic (exact) mass is 292 g/mol. The van der Waals surface area contributed by atoms with E-state index in [0.29, 0.717) is 5.95 Å². The summed E-state index contributed by atoms with van der Waals surface area (Å²) in [6.45, 7) is 1.94. The molecule has 0 fully saturated rings. The molecule has 0 bridgehead atoms. The highest BCUT2D eigenvalue weighted by Crippen LogP contribution is 2.22. The predicted octanol–water partition coefficient (Wildman–Crippen LogP) is 3.03. The average Bonchev–Trinajstić information content (AvgIpc) is 2.58. The van der Waals surface area contributed by atoms with Gasteiger partial charge < -0.3 is 10.6 Å². The molecule has 0 aliphatic heterocycles. The van der Waals surface area contributed by atoms with Gasteiger partial charge in [-0.05, 0) is 31.2 Å². The molecule has 3 rings (SSSR count). The second-order valence-corrected chi connectivity index (χ2v) is 4.74. The van der Waals surface area contributed by atoms with Gasteiger partial charge in [-0.15, -0.1) is 0 Å². The van der Waals surface area contributed by atoms with Crippen LogP contribution in [-0.4, -0.2) is 27.0 Å². The molecule has 0 amide bonds. The van der Waals surface area contributed by atoms with Crippen LogP contribution in [0, 0.1) is 6.92 Å². The number of rotatable bonds is 4. The molecule has 3 heterocycles. The molecule has 0 saturated carbocycles. The summed E-state index contributed by atoms with van der Waals surface area (Å²) in [4.78, 5) is 17.2. The van der Waals surface area contributed by atoms with Gasteiger partial charge in [0.15, 0.2) is 0 Å². The van der Waals surface area contributed by atoms with Gasteiger partial charge in [-0.1, -0.05) is 0 Å². The van der Waals surface area contributed by atoms with E-state index in [2.05, 4.69) is 30.6 Å². The number of hydrogen-bond donors (Lipinski definition) is 2. The van der Waals surface area contributed by atoms with Crippen LogP contribution in [0.1, 0.15) is 5.69 Å². The van der Waals surface area contributed by atoms with Crippen LogP contribution in [0.3, 0.4) is 0 Å². The molecule has 0 aliphatic carbocycles. The van der Waals surface area contributed by atoms with Crippen molar-refractivity contribution < 1.29 is 0 Å². The third kappa shape index (κ3) is 3.01. The van der Waals surface area contributed by atoms with Crippen LogP contribution in [-0.2, 0) is 0 Å². The molecule has 0 aromatic carbocycles. The standard InChI is InChI=1S/C16H16N6/c1-11-15(8-13(17-2)10-20-11)22-16-19-7-5-14(21-16)12-4-3-6-18-9-12/h3-10,17H,1-2H3,(H,19,21,22). The minimum atomic E-state index is 0.527. The van der Waals surface area contributed by atoms with Gasteiger partial charge in [0.2, 0.25) is 5.95 Å². The van der Waals surface area contributed by atoms with Gasteiger partial charge in [-0.3, -0.25) is 9.97 Å². The molecule has 22 heavy (non-hydrogen) atoms. The molecular weight excluding hydrogens is 276 g/mol. The molecule has 0 aliphatic rings. The van der Waals surface area contributed by atoms with Crippen LogP contribution in [0.4, 0.5) is 17.3 Å². The highest BCUT2D eigenvalue weighted by atomic mass is 15.1. The third-order valence-corrected chi connectivity index (χ3v) is 3.23. The van der Waals surface area contributed by atoms with E-state index >= 15 is 0 Å². The van der Waals surface area contributed by atoms with Crippen molar-refractivity contribution in [2.45, 2.75) is 6.92 Å². The quantitative estimate of drug-likeness (QED) is 0.770. The number of nitrogens with one attached hydrogen (secondary N) is 2. The van der Waals surface area contributed by atoms with Crippen molar-refractivity contribution in [1.29, 1.82) is 0 Å². The molecule has 6 heteroatoms. The van der Waals surface area contributed by atoms with Gasteiger partial charge in [-0.25, -0.2) is 9.97 Å². The minimum Gasteiger partial charge on any atom is -0.387 e. The van der Waals surface area contributed by atoms with E-state index in [9.17, 15) is 0 Å². The largest absolute Gasteiger partial charge is 0.387 e. The Kier molecular flexibility index (Phi) is 3.91. The smallest absolute Gasteiger partial charge is 0.227 e. The molecule has 0 atom stereocenters. The summed E-state index contributed by atoms with van der Waals surface area (Å²) in [6.07, 6.45) is 7.03. The zero-order valence-electron chi connectivity index (χ0n) is 12.4. The average molecular weight is 292 g/mol. The molecule has 3 aromatic heterocycles. The zero-order chi connectivity index (χ0) is 15.4. The molecule has 2 N–H and O–H groups in total. The number of nitrogens with zero attached hydrogens (tertiary/aromatic N) is 4. The molecule has 6 nitrogen and oxygen atoms in total. The van der Waals surface area contributed by atoms with Crippen molar-refractivity contribution in [1.82, 2.24) is 19.9 Å². The number of anilines is 3. The number of aryl methyl sites for hydroxylation is 1. The van der Waals surface area contributed by atoms with E-state index in [1.807, 2.05) is 38.2 Å². The number of hydrogen-bond acceptors (Lipinski definition) is 6. The highest BCUT2D eigenvalue weighted by Gasteiger charge is 2.06. The van der Waals surface area contributed by atoms with Crippen molar-refractivity contribution in [2.75, 3.05) is 17.7 Å². The fourth-order valence-electron chi connectivity index (χ4n) is 2.01. The van der Waals surface area contributed by atoms with Gasteiger partial charge in [0, 0.05) is 31.2 Å². The summed E-state index contributed by atoms with van der Waals surface area (Å²) < 4.78 is 0. The summed E-state index contributed by atoms with van der Waals surface area (Å²) in [5, 5.41) is 6.28. The van der Waals surface area contributed by atoms with Crippen molar-refractivity contribution >= 4 is 17.3 Å². The Balaban J connectivity index is 1.90. The molecule has 0 radical (unpaired) electrons. The Bertz CT molecular complexity index is 773. The normalized spacial score (nSPS) is 10.3. The van der Waals surface area contributed by atoms with Crippen molar-refractivity contribution in [2.24, 2.45) is 0 Å². The summed E-state index contributed by atoms with van der Waals surface area (Å²) in [5.74, 6) is 0.527. The Morgan fingerprint density at radius 2 is 1.95 bits per heavy atom. The molecular formula is C16H16N6. The summed E-state index contributed by atoms with van der Waals surface area (Å²) in [6, 6.07) is 7.68. The van der Waals surface area contributed by atoms with Crippen LogP contribution >= 0.6 is 0 Å². The van der Waals surface area contributed by atoms with E-state index in [-0.39, 0.29) is 0 Å². The highest BCUT2D eigenvalue weighted by molar-refractivity contribution is 5.64. The van der Waals surface area contributed by atoms with Crippen molar-refractivity contribution in [3.63, 3.8) is 0 Å². The lowest BCUT2D eigenvalue weighted by atomic mass is 10.2. The number of pyridine rings is 2. The van der Waals surface area contributed by atoms with Crippen LogP contribution in [0.15, 0.2) is 49.1 Å². The predicted molar refractivity (Wildman–Crippen MR) is 87.1 cm³/mol. The van der Waals surface area contributed by atoms with Gasteiger partial charge in [0.1, 0.15) is 0 Å². The van der Waals surface area contributed by atoms with Crippen LogP contribution in [0.2, 0.25) is 0 Å². The maximum absolute atomic E-state index is 4.52. The Morgan fingerprint density at radius 3 is 2.73 bits per heavy atom. The molecule has 3 aromatic rings. The van der Waals surface area contributed by atoms with E-state index in [4.69, 9.17) is 0 Å². The Hall–Kier alpha value is -3.02. The first-order valence-electron chi connectivity index (χ1n) is 6.91. The fraction of sp³-hybridized carbons (Fsp3) is 0.125. The summed E-state index contributed by atoms with van der Waals surface area (Å²) in [5.41, 5.74) is 4.45. The van der Waals surface area contributed by atoms with Crippen molar-refractivity contribution in [3.8, 4) is 11.3 Å². The maximum atomic E-state index is 4.52.